The van der Waals surface area contributed by atoms with Crippen LogP contribution in [0.25, 0.3) is 33.4 Å². The highest BCUT2D eigenvalue weighted by atomic mass is 16.5. The number of nitrogens with zero attached hydrogens (tertiary/aromatic N) is 2. The molecule has 52 heavy (non-hydrogen) atoms. The third kappa shape index (κ3) is 9.60. The van der Waals surface area contributed by atoms with Crippen LogP contribution in [0.2, 0.25) is 0 Å². The van der Waals surface area contributed by atoms with Crippen LogP contribution in [0.5, 0.6) is 0 Å². The van der Waals surface area contributed by atoms with Crippen LogP contribution in [0, 0.1) is 0 Å². The molecule has 0 saturated heterocycles. The predicted octanol–water partition coefficient (Wildman–Crippen LogP) is 6.98. The van der Waals surface area contributed by atoms with Crippen LogP contribution in [0.4, 0.5) is 5.69 Å². The Morgan fingerprint density at radius 3 is 2.12 bits per heavy atom. The SMILES string of the molecule is C.C=CN(Cc1ccccc1)c1ccc2c(-c3ccccc3C(=O)[O-])c3ccc(=[N+](CCOC(C)=O)Cc4ccccc4)cc-3oc2c1.CC(=O)O. The van der Waals surface area contributed by atoms with E-state index in [2.05, 4.69) is 35.4 Å². The summed E-state index contributed by atoms with van der Waals surface area (Å²) in [5.74, 6) is -1.84. The van der Waals surface area contributed by atoms with Crippen LogP contribution >= 0.6 is 0 Å². The molecule has 0 saturated carbocycles. The van der Waals surface area contributed by atoms with Crippen molar-refractivity contribution in [2.24, 2.45) is 0 Å². The number of ether oxygens (including phenoxy) is 1. The van der Waals surface area contributed by atoms with E-state index in [1.165, 1.54) is 6.92 Å². The minimum atomic E-state index is -1.25. The molecule has 266 valence electrons. The Balaban J connectivity index is 0.00000115. The molecule has 2 aliphatic rings. The zero-order valence-corrected chi connectivity index (χ0v) is 28.5. The first-order chi connectivity index (χ1) is 24.6. The molecule has 1 aliphatic carbocycles. The first-order valence-electron chi connectivity index (χ1n) is 16.3. The maximum absolute atomic E-state index is 12.3. The smallest absolute Gasteiger partial charge is 0.302 e. The van der Waals surface area contributed by atoms with Crippen LogP contribution in [0.3, 0.4) is 0 Å². The molecule has 1 heterocycles. The topological polar surface area (TPSA) is 123 Å². The molecule has 0 amide bonds. The van der Waals surface area contributed by atoms with Gasteiger partial charge < -0.3 is 29.1 Å². The normalized spacial score (nSPS) is 11.0. The molecule has 4 aromatic rings. The summed E-state index contributed by atoms with van der Waals surface area (Å²) in [6.45, 7) is 8.41. The van der Waals surface area contributed by atoms with Crippen molar-refractivity contribution < 1.29 is 33.8 Å². The van der Waals surface area contributed by atoms with Crippen LogP contribution in [-0.4, -0.2) is 36.2 Å². The van der Waals surface area contributed by atoms with E-state index in [1.807, 2.05) is 83.8 Å². The van der Waals surface area contributed by atoms with Crippen molar-refractivity contribution >= 4 is 34.6 Å². The Labute approximate surface area is 303 Å². The standard InChI is InChI=1S/C40H34N2O5.C2H4O2.CH4/c1-3-41(26-29-12-6-4-7-13-29)31-18-20-35-37(24-31)47-38-25-32(42(22-23-46-28(2)43)27-30-14-8-5-9-15-30)19-21-36(38)39(35)33-16-10-11-17-34(33)40(44)45;1-2(3)4;/h3-21,24-25H,1,22-23,26-27H2,2H3;1H3,(H,3,4);1H4. The quantitative estimate of drug-likeness (QED) is 0.0874. The number of anilines is 1. The van der Waals surface area contributed by atoms with E-state index in [9.17, 15) is 14.7 Å². The lowest BCUT2D eigenvalue weighted by molar-refractivity contribution is -0.255. The lowest BCUT2D eigenvalue weighted by Crippen LogP contribution is -2.33. The van der Waals surface area contributed by atoms with Gasteiger partial charge in [0.2, 0.25) is 5.36 Å². The van der Waals surface area contributed by atoms with Crippen molar-refractivity contribution in [3.63, 3.8) is 0 Å². The fraction of sp³-hybridized carbons (Fsp3) is 0.163. The molecular weight excluding hydrogens is 656 g/mol. The van der Waals surface area contributed by atoms with E-state index in [1.54, 1.807) is 24.4 Å². The summed E-state index contributed by atoms with van der Waals surface area (Å²) in [5, 5.41) is 21.3. The van der Waals surface area contributed by atoms with Gasteiger partial charge in [-0.15, -0.1) is 0 Å². The summed E-state index contributed by atoms with van der Waals surface area (Å²) in [4.78, 5) is 34.9. The fourth-order valence-corrected chi connectivity index (χ4v) is 5.86. The number of esters is 1. The van der Waals surface area contributed by atoms with Gasteiger partial charge in [0.15, 0.2) is 13.1 Å². The highest BCUT2D eigenvalue weighted by Crippen LogP contribution is 2.42. The number of carbonyl (C=O) groups excluding carboxylic acids is 2. The summed E-state index contributed by atoms with van der Waals surface area (Å²) in [6, 6.07) is 38.9. The van der Waals surface area contributed by atoms with Crippen molar-refractivity contribution in [1.29, 1.82) is 0 Å². The number of carboxylic acid groups (broad SMARTS) is 2. The van der Waals surface area contributed by atoms with E-state index >= 15 is 0 Å². The number of hydrogen-bond acceptors (Lipinski definition) is 7. The number of rotatable bonds is 11. The highest BCUT2D eigenvalue weighted by Gasteiger charge is 2.22. The lowest BCUT2D eigenvalue weighted by Gasteiger charge is -2.22. The molecule has 0 spiro atoms. The number of hydrogen-bond donors (Lipinski definition) is 1. The van der Waals surface area contributed by atoms with Gasteiger partial charge in [0, 0.05) is 65.9 Å². The second-order valence-electron chi connectivity index (χ2n) is 11.7. The lowest BCUT2D eigenvalue weighted by atomic mass is 9.90. The molecule has 6 rings (SSSR count). The number of fused-ring (bicyclic) bond motifs is 2. The molecule has 4 aromatic carbocycles. The number of aliphatic carboxylic acids is 1. The van der Waals surface area contributed by atoms with Crippen LogP contribution < -0.4 is 19.9 Å². The number of carboxylic acids is 2. The van der Waals surface area contributed by atoms with E-state index in [0.717, 1.165) is 45.6 Å². The van der Waals surface area contributed by atoms with Crippen LogP contribution in [-0.2, 0) is 27.4 Å². The fourth-order valence-electron chi connectivity index (χ4n) is 5.86. The van der Waals surface area contributed by atoms with E-state index in [4.69, 9.17) is 19.1 Å². The van der Waals surface area contributed by atoms with Gasteiger partial charge in [0.25, 0.3) is 5.97 Å². The van der Waals surface area contributed by atoms with Crippen molar-refractivity contribution in [3.05, 3.63) is 156 Å². The van der Waals surface area contributed by atoms with Crippen molar-refractivity contribution in [2.45, 2.75) is 34.4 Å². The third-order valence-corrected chi connectivity index (χ3v) is 8.10. The summed E-state index contributed by atoms with van der Waals surface area (Å²) >= 11 is 0. The first kappa shape index (κ1) is 38.3. The average Bonchev–Trinajstić information content (AvgIpc) is 3.12. The van der Waals surface area contributed by atoms with Crippen LogP contribution in [0.1, 0.15) is 42.8 Å². The molecule has 9 heteroatoms. The van der Waals surface area contributed by atoms with Crippen LogP contribution in [0.15, 0.2) is 139 Å². The predicted molar refractivity (Wildman–Crippen MR) is 202 cm³/mol. The van der Waals surface area contributed by atoms with Gasteiger partial charge in [-0.05, 0) is 35.5 Å². The maximum atomic E-state index is 12.3. The van der Waals surface area contributed by atoms with Crippen molar-refractivity contribution in [1.82, 2.24) is 4.58 Å². The maximum Gasteiger partial charge on any atom is 0.302 e. The van der Waals surface area contributed by atoms with Gasteiger partial charge in [-0.1, -0.05) is 98.9 Å². The highest BCUT2D eigenvalue weighted by molar-refractivity contribution is 6.07. The molecule has 0 fully saturated rings. The summed E-state index contributed by atoms with van der Waals surface area (Å²) < 4.78 is 14.1. The zero-order valence-electron chi connectivity index (χ0n) is 28.5. The van der Waals surface area contributed by atoms with Gasteiger partial charge in [0.1, 0.15) is 18.0 Å². The summed E-state index contributed by atoms with van der Waals surface area (Å²) in [7, 11) is 0. The van der Waals surface area contributed by atoms with E-state index < -0.39 is 11.9 Å². The zero-order chi connectivity index (χ0) is 36.3. The minimum absolute atomic E-state index is 0. The third-order valence-electron chi connectivity index (χ3n) is 8.10. The van der Waals surface area contributed by atoms with Crippen molar-refractivity contribution in [2.75, 3.05) is 18.1 Å². The van der Waals surface area contributed by atoms with Crippen molar-refractivity contribution in [3.8, 4) is 22.5 Å². The average molecular weight is 699 g/mol. The van der Waals surface area contributed by atoms with Gasteiger partial charge >= 0.3 is 5.97 Å². The number of aromatic carboxylic acids is 1. The second-order valence-corrected chi connectivity index (χ2v) is 11.7. The molecular formula is C43H42N2O7. The molecule has 9 nitrogen and oxygen atoms in total. The largest absolute Gasteiger partial charge is 0.545 e. The monoisotopic (exact) mass is 698 g/mol. The summed E-state index contributed by atoms with van der Waals surface area (Å²) in [6.07, 6.45) is 1.78. The molecule has 1 aliphatic heterocycles. The summed E-state index contributed by atoms with van der Waals surface area (Å²) in [5.41, 5.74) is 5.82. The number of benzene rings is 5. The molecule has 0 radical (unpaired) electrons. The van der Waals surface area contributed by atoms with Gasteiger partial charge in [-0.25, -0.2) is 4.58 Å². The Hall–Kier alpha value is -6.48. The molecule has 0 aromatic heterocycles. The van der Waals surface area contributed by atoms with Gasteiger partial charge in [-0.3, -0.25) is 9.59 Å². The molecule has 0 bridgehead atoms. The Morgan fingerprint density at radius 2 is 1.48 bits per heavy atom. The van der Waals surface area contributed by atoms with Gasteiger partial charge in [0.05, 0.1) is 12.0 Å². The van der Waals surface area contributed by atoms with Gasteiger partial charge in [-0.2, -0.15) is 0 Å². The second kappa shape index (κ2) is 18.0. The van der Waals surface area contributed by atoms with E-state index in [0.29, 0.717) is 36.5 Å². The number of carbonyl (C=O) groups is 3. The van der Waals surface area contributed by atoms with E-state index in [-0.39, 0.29) is 25.6 Å². The molecule has 1 N–H and O–H groups in total. The Morgan fingerprint density at radius 1 is 0.846 bits per heavy atom. The minimum Gasteiger partial charge on any atom is -0.545 e. The Bertz CT molecular complexity index is 2200. The first-order valence-corrected chi connectivity index (χ1v) is 16.3. The molecule has 0 atom stereocenters. The molecule has 0 unspecified atom stereocenters. The Kier molecular flexibility index (Phi) is 13.2.